The maximum Gasteiger partial charge on any atom is 0.223 e. The summed E-state index contributed by atoms with van der Waals surface area (Å²) in [5.41, 5.74) is 0. The van der Waals surface area contributed by atoms with Gasteiger partial charge in [0.05, 0.1) is 0 Å². The van der Waals surface area contributed by atoms with Gasteiger partial charge < -0.3 is 9.30 Å². The van der Waals surface area contributed by atoms with Crippen LogP contribution in [0.3, 0.4) is 0 Å². The van der Waals surface area contributed by atoms with Crippen LogP contribution >= 0.6 is 0 Å². The number of carbonyl (C=O) groups excluding carboxylic acids is 1. The summed E-state index contributed by atoms with van der Waals surface area (Å²) in [6.07, 6.45) is 3.40. The van der Waals surface area contributed by atoms with E-state index in [4.69, 9.17) is 4.74 Å². The number of aromatic nitrogens is 2. The first-order valence-electron chi connectivity index (χ1n) is 3.82. The Hall–Kier alpha value is -1.16. The number of aryl methyl sites for hydroxylation is 1. The fourth-order valence-electron chi connectivity index (χ4n) is 1.01. The van der Waals surface area contributed by atoms with Crippen molar-refractivity contribution >= 4 is 5.78 Å². The van der Waals surface area contributed by atoms with Gasteiger partial charge in [0.25, 0.3) is 0 Å². The van der Waals surface area contributed by atoms with Crippen molar-refractivity contribution < 1.29 is 9.53 Å². The molecule has 0 bridgehead atoms. The van der Waals surface area contributed by atoms with Crippen LogP contribution in [-0.4, -0.2) is 29.1 Å². The molecule has 4 heteroatoms. The standard InChI is InChI=1S/C8H12N2O2/c1-3-10-5-4-9-8(10)7(11)6-12-2/h4-5H,3,6H2,1-2H3. The normalized spacial score (nSPS) is 10.2. The molecule has 1 rings (SSSR count). The van der Waals surface area contributed by atoms with Gasteiger partial charge in [-0.05, 0) is 6.92 Å². The third kappa shape index (κ3) is 1.71. The van der Waals surface area contributed by atoms with Crippen LogP contribution in [-0.2, 0) is 11.3 Å². The van der Waals surface area contributed by atoms with Crippen molar-refractivity contribution in [2.75, 3.05) is 13.7 Å². The Morgan fingerprint density at radius 1 is 1.75 bits per heavy atom. The Bertz CT molecular complexity index is 268. The van der Waals surface area contributed by atoms with E-state index in [1.165, 1.54) is 7.11 Å². The highest BCUT2D eigenvalue weighted by Gasteiger charge is 2.10. The predicted molar refractivity (Wildman–Crippen MR) is 44.1 cm³/mol. The number of hydrogen-bond donors (Lipinski definition) is 0. The molecule has 4 nitrogen and oxygen atoms in total. The number of ketones is 1. The highest BCUT2D eigenvalue weighted by Crippen LogP contribution is 1.98. The zero-order valence-electron chi connectivity index (χ0n) is 7.28. The van der Waals surface area contributed by atoms with Crippen molar-refractivity contribution in [3.8, 4) is 0 Å². The van der Waals surface area contributed by atoms with Crippen LogP contribution in [0.5, 0.6) is 0 Å². The highest BCUT2D eigenvalue weighted by molar-refractivity contribution is 5.93. The summed E-state index contributed by atoms with van der Waals surface area (Å²) in [5, 5.41) is 0. The molecule has 66 valence electrons. The molecule has 12 heavy (non-hydrogen) atoms. The molecule has 0 N–H and O–H groups in total. The molecule has 1 aromatic heterocycles. The van der Waals surface area contributed by atoms with Crippen LogP contribution < -0.4 is 0 Å². The molecular weight excluding hydrogens is 156 g/mol. The summed E-state index contributed by atoms with van der Waals surface area (Å²) < 4.78 is 6.52. The lowest BCUT2D eigenvalue weighted by Gasteiger charge is -2.01. The first-order chi connectivity index (χ1) is 5.79. The van der Waals surface area contributed by atoms with Crippen molar-refractivity contribution in [3.05, 3.63) is 18.2 Å². The molecule has 0 aliphatic rings. The maximum absolute atomic E-state index is 11.3. The van der Waals surface area contributed by atoms with Gasteiger partial charge in [0, 0.05) is 26.0 Å². The zero-order chi connectivity index (χ0) is 8.97. The molecule has 0 aliphatic carbocycles. The molecule has 0 saturated carbocycles. The predicted octanol–water partition coefficient (Wildman–Crippen LogP) is 0.732. The van der Waals surface area contributed by atoms with Crippen molar-refractivity contribution in [2.45, 2.75) is 13.5 Å². The van der Waals surface area contributed by atoms with E-state index < -0.39 is 0 Å². The van der Waals surface area contributed by atoms with Crippen LogP contribution in [0.2, 0.25) is 0 Å². The molecule has 0 aromatic carbocycles. The van der Waals surface area contributed by atoms with Gasteiger partial charge >= 0.3 is 0 Å². The van der Waals surface area contributed by atoms with Crippen LogP contribution in [0.25, 0.3) is 0 Å². The van der Waals surface area contributed by atoms with Crippen molar-refractivity contribution in [1.82, 2.24) is 9.55 Å². The van der Waals surface area contributed by atoms with E-state index in [0.29, 0.717) is 5.82 Å². The quantitative estimate of drug-likeness (QED) is 0.622. The Kier molecular flexibility index (Phi) is 2.99. The number of Topliss-reactive ketones (excluding diaryl/α,β-unsaturated/α-hetero) is 1. The van der Waals surface area contributed by atoms with Gasteiger partial charge in [0.1, 0.15) is 6.61 Å². The summed E-state index contributed by atoms with van der Waals surface area (Å²) in [6, 6.07) is 0. The highest BCUT2D eigenvalue weighted by atomic mass is 16.5. The van der Waals surface area contributed by atoms with E-state index in [1.807, 2.05) is 6.92 Å². The average Bonchev–Trinajstić information content (AvgIpc) is 2.51. The first-order valence-corrected chi connectivity index (χ1v) is 3.82. The Morgan fingerprint density at radius 2 is 2.50 bits per heavy atom. The molecule has 0 atom stereocenters. The van der Waals surface area contributed by atoms with Gasteiger partial charge in [-0.25, -0.2) is 4.98 Å². The van der Waals surface area contributed by atoms with Crippen molar-refractivity contribution in [3.63, 3.8) is 0 Å². The van der Waals surface area contributed by atoms with E-state index in [1.54, 1.807) is 17.0 Å². The number of rotatable bonds is 4. The summed E-state index contributed by atoms with van der Waals surface area (Å²) in [5.74, 6) is 0.392. The number of imidazole rings is 1. The fraction of sp³-hybridized carbons (Fsp3) is 0.500. The summed E-state index contributed by atoms with van der Waals surface area (Å²) in [7, 11) is 1.50. The fourth-order valence-corrected chi connectivity index (χ4v) is 1.01. The Labute approximate surface area is 71.2 Å². The topological polar surface area (TPSA) is 44.1 Å². The van der Waals surface area contributed by atoms with E-state index in [9.17, 15) is 4.79 Å². The van der Waals surface area contributed by atoms with E-state index in [2.05, 4.69) is 4.98 Å². The zero-order valence-corrected chi connectivity index (χ0v) is 7.28. The largest absolute Gasteiger partial charge is 0.376 e. The molecule has 0 amide bonds. The number of ether oxygens (including phenoxy) is 1. The molecule has 0 aliphatic heterocycles. The SMILES string of the molecule is CCn1ccnc1C(=O)COC. The Balaban J connectivity index is 2.79. The third-order valence-corrected chi connectivity index (χ3v) is 1.58. The van der Waals surface area contributed by atoms with Crippen molar-refractivity contribution in [1.29, 1.82) is 0 Å². The van der Waals surface area contributed by atoms with E-state index in [-0.39, 0.29) is 12.4 Å². The van der Waals surface area contributed by atoms with Gasteiger partial charge in [-0.1, -0.05) is 0 Å². The van der Waals surface area contributed by atoms with Gasteiger partial charge in [0.15, 0.2) is 5.82 Å². The van der Waals surface area contributed by atoms with Gasteiger partial charge in [0.2, 0.25) is 5.78 Å². The molecule has 0 saturated heterocycles. The minimum atomic E-state index is -0.0793. The van der Waals surface area contributed by atoms with Gasteiger partial charge in [-0.3, -0.25) is 4.79 Å². The van der Waals surface area contributed by atoms with E-state index in [0.717, 1.165) is 6.54 Å². The lowest BCUT2D eigenvalue weighted by molar-refractivity contribution is 0.0833. The lowest BCUT2D eigenvalue weighted by Crippen LogP contribution is -2.13. The van der Waals surface area contributed by atoms with Crippen LogP contribution in [0.1, 0.15) is 17.5 Å². The smallest absolute Gasteiger partial charge is 0.223 e. The second-order valence-corrected chi connectivity index (χ2v) is 2.39. The first kappa shape index (κ1) is 8.93. The van der Waals surface area contributed by atoms with Crippen LogP contribution in [0.15, 0.2) is 12.4 Å². The second-order valence-electron chi connectivity index (χ2n) is 2.39. The van der Waals surface area contributed by atoms with Gasteiger partial charge in [-0.15, -0.1) is 0 Å². The average molecular weight is 168 g/mol. The summed E-state index contributed by atoms with van der Waals surface area (Å²) in [4.78, 5) is 15.2. The molecule has 1 aromatic rings. The van der Waals surface area contributed by atoms with E-state index >= 15 is 0 Å². The van der Waals surface area contributed by atoms with Gasteiger partial charge in [-0.2, -0.15) is 0 Å². The van der Waals surface area contributed by atoms with Crippen molar-refractivity contribution in [2.24, 2.45) is 0 Å². The number of nitrogens with zero attached hydrogens (tertiary/aromatic N) is 2. The molecule has 0 radical (unpaired) electrons. The number of methoxy groups -OCH3 is 1. The lowest BCUT2D eigenvalue weighted by atomic mass is 10.4. The number of carbonyl (C=O) groups is 1. The van der Waals surface area contributed by atoms with Crippen LogP contribution in [0, 0.1) is 0 Å². The monoisotopic (exact) mass is 168 g/mol. The molecule has 1 heterocycles. The molecule has 0 spiro atoms. The third-order valence-electron chi connectivity index (χ3n) is 1.58. The maximum atomic E-state index is 11.3. The molecule has 0 fully saturated rings. The molecular formula is C8H12N2O2. The second kappa shape index (κ2) is 4.01. The minimum absolute atomic E-state index is 0.0793. The Morgan fingerprint density at radius 3 is 3.08 bits per heavy atom. The minimum Gasteiger partial charge on any atom is -0.376 e. The van der Waals surface area contributed by atoms with Crippen LogP contribution in [0.4, 0.5) is 0 Å². The molecule has 0 unspecified atom stereocenters. The summed E-state index contributed by atoms with van der Waals surface area (Å²) in [6.45, 7) is 2.81. The summed E-state index contributed by atoms with van der Waals surface area (Å²) >= 11 is 0. The number of hydrogen-bond acceptors (Lipinski definition) is 3.